The summed E-state index contributed by atoms with van der Waals surface area (Å²) in [5, 5.41) is 6.83. The first-order valence-electron chi connectivity index (χ1n) is 9.97. The van der Waals surface area contributed by atoms with Crippen LogP contribution in [0.25, 0.3) is 11.4 Å². The number of nitrogens with zero attached hydrogens (tertiary/aromatic N) is 3. The normalized spacial score (nSPS) is 15.9. The van der Waals surface area contributed by atoms with E-state index in [-0.39, 0.29) is 18.0 Å². The molecule has 2 amide bonds. The van der Waals surface area contributed by atoms with E-state index in [1.165, 1.54) is 12.1 Å². The van der Waals surface area contributed by atoms with Gasteiger partial charge in [-0.1, -0.05) is 24.2 Å². The molecule has 30 heavy (non-hydrogen) atoms. The fourth-order valence-corrected chi connectivity index (χ4v) is 3.29. The standard InChI is InChI=1S/C22H23FN4O3/c1-2-20-25-21(26-30-20)16-5-9-18(10-6-16)29-19-11-12-27(14-19)22(28)24-13-15-3-7-17(23)8-4-15/h3-10,19H,2,11-14H2,1H3,(H,24,28). The Kier molecular flexibility index (Phi) is 5.92. The van der Waals surface area contributed by atoms with Gasteiger partial charge in [0, 0.05) is 31.5 Å². The Labute approximate surface area is 173 Å². The first kappa shape index (κ1) is 19.9. The molecule has 2 aromatic carbocycles. The van der Waals surface area contributed by atoms with Gasteiger partial charge in [0.25, 0.3) is 0 Å². The van der Waals surface area contributed by atoms with Crippen molar-refractivity contribution in [3.8, 4) is 17.1 Å². The van der Waals surface area contributed by atoms with Crippen molar-refractivity contribution in [3.63, 3.8) is 0 Å². The molecule has 0 radical (unpaired) electrons. The van der Waals surface area contributed by atoms with Crippen LogP contribution in [0.15, 0.2) is 53.1 Å². The van der Waals surface area contributed by atoms with Crippen LogP contribution in [0.3, 0.4) is 0 Å². The van der Waals surface area contributed by atoms with Crippen molar-refractivity contribution in [2.24, 2.45) is 0 Å². The lowest BCUT2D eigenvalue weighted by Gasteiger charge is -2.18. The molecule has 1 aliphatic heterocycles. The van der Waals surface area contributed by atoms with Crippen molar-refractivity contribution in [3.05, 3.63) is 65.8 Å². The van der Waals surface area contributed by atoms with Crippen LogP contribution in [-0.4, -0.2) is 40.3 Å². The molecule has 1 unspecified atom stereocenters. The Bertz CT molecular complexity index is 988. The van der Waals surface area contributed by atoms with Gasteiger partial charge in [-0.15, -0.1) is 0 Å². The number of benzene rings is 2. The Morgan fingerprint density at radius 1 is 1.23 bits per heavy atom. The number of carbonyl (C=O) groups excluding carboxylic acids is 1. The molecular formula is C22H23FN4O3. The minimum Gasteiger partial charge on any atom is -0.489 e. The molecule has 0 spiro atoms. The van der Waals surface area contributed by atoms with E-state index < -0.39 is 0 Å². The molecule has 1 aromatic heterocycles. The number of likely N-dealkylation sites (tertiary alicyclic amines) is 1. The predicted octanol–water partition coefficient (Wildman–Crippen LogP) is 3.80. The van der Waals surface area contributed by atoms with Crippen LogP contribution in [0.1, 0.15) is 24.8 Å². The van der Waals surface area contributed by atoms with Gasteiger partial charge in [0.1, 0.15) is 17.7 Å². The van der Waals surface area contributed by atoms with Crippen LogP contribution in [0.4, 0.5) is 9.18 Å². The molecule has 0 aliphatic carbocycles. The molecule has 2 heterocycles. The Balaban J connectivity index is 1.27. The second-order valence-electron chi connectivity index (χ2n) is 7.15. The zero-order valence-electron chi connectivity index (χ0n) is 16.7. The summed E-state index contributed by atoms with van der Waals surface area (Å²) in [6.45, 7) is 3.46. The molecule has 4 rings (SSSR count). The fraction of sp³-hybridized carbons (Fsp3) is 0.318. The highest BCUT2D eigenvalue weighted by molar-refractivity contribution is 5.74. The van der Waals surface area contributed by atoms with Crippen molar-refractivity contribution in [2.45, 2.75) is 32.4 Å². The van der Waals surface area contributed by atoms with Crippen LogP contribution in [0.2, 0.25) is 0 Å². The number of halogens is 1. The molecule has 0 bridgehead atoms. The molecular weight excluding hydrogens is 387 g/mol. The SMILES string of the molecule is CCc1nc(-c2ccc(OC3CCN(C(=O)NCc4ccc(F)cc4)C3)cc2)no1. The van der Waals surface area contributed by atoms with Crippen molar-refractivity contribution in [2.75, 3.05) is 13.1 Å². The lowest BCUT2D eigenvalue weighted by Crippen LogP contribution is -2.39. The summed E-state index contributed by atoms with van der Waals surface area (Å²) in [5.74, 6) is 1.61. The van der Waals surface area contributed by atoms with E-state index in [1.54, 1.807) is 17.0 Å². The largest absolute Gasteiger partial charge is 0.489 e. The van der Waals surface area contributed by atoms with Gasteiger partial charge in [-0.25, -0.2) is 9.18 Å². The number of urea groups is 1. The Morgan fingerprint density at radius 3 is 2.70 bits per heavy atom. The lowest BCUT2D eigenvalue weighted by molar-refractivity contribution is 0.186. The van der Waals surface area contributed by atoms with E-state index in [9.17, 15) is 9.18 Å². The zero-order valence-corrected chi connectivity index (χ0v) is 16.7. The number of rotatable bonds is 6. The molecule has 1 saturated heterocycles. The molecule has 1 fully saturated rings. The van der Waals surface area contributed by atoms with Crippen LogP contribution in [0, 0.1) is 5.82 Å². The topological polar surface area (TPSA) is 80.5 Å². The van der Waals surface area contributed by atoms with Gasteiger partial charge in [0.15, 0.2) is 0 Å². The molecule has 0 saturated carbocycles. The fourth-order valence-electron chi connectivity index (χ4n) is 3.29. The van der Waals surface area contributed by atoms with Gasteiger partial charge >= 0.3 is 6.03 Å². The second-order valence-corrected chi connectivity index (χ2v) is 7.15. The predicted molar refractivity (Wildman–Crippen MR) is 108 cm³/mol. The molecule has 1 atom stereocenters. The Hall–Kier alpha value is -3.42. The quantitative estimate of drug-likeness (QED) is 0.669. The minimum atomic E-state index is -0.291. The van der Waals surface area contributed by atoms with E-state index in [1.807, 2.05) is 31.2 Å². The summed E-state index contributed by atoms with van der Waals surface area (Å²) >= 11 is 0. The van der Waals surface area contributed by atoms with Gasteiger partial charge in [-0.2, -0.15) is 4.98 Å². The van der Waals surface area contributed by atoms with Gasteiger partial charge in [-0.05, 0) is 42.0 Å². The highest BCUT2D eigenvalue weighted by atomic mass is 19.1. The van der Waals surface area contributed by atoms with E-state index in [4.69, 9.17) is 9.26 Å². The van der Waals surface area contributed by atoms with Crippen LogP contribution < -0.4 is 10.1 Å². The van der Waals surface area contributed by atoms with Crippen molar-refractivity contribution in [1.82, 2.24) is 20.4 Å². The maximum atomic E-state index is 13.0. The number of amides is 2. The van der Waals surface area contributed by atoms with Crippen molar-refractivity contribution >= 4 is 6.03 Å². The molecule has 1 N–H and O–H groups in total. The van der Waals surface area contributed by atoms with Crippen molar-refractivity contribution in [1.29, 1.82) is 0 Å². The summed E-state index contributed by atoms with van der Waals surface area (Å²) in [7, 11) is 0. The maximum absolute atomic E-state index is 13.0. The molecule has 7 nitrogen and oxygen atoms in total. The first-order chi connectivity index (χ1) is 14.6. The highest BCUT2D eigenvalue weighted by Gasteiger charge is 2.27. The summed E-state index contributed by atoms with van der Waals surface area (Å²) < 4.78 is 24.1. The van der Waals surface area contributed by atoms with Crippen LogP contribution >= 0.6 is 0 Å². The summed E-state index contributed by atoms with van der Waals surface area (Å²) in [5.41, 5.74) is 1.71. The molecule has 3 aromatic rings. The average Bonchev–Trinajstić information content (AvgIpc) is 3.43. The van der Waals surface area contributed by atoms with E-state index in [2.05, 4.69) is 15.5 Å². The monoisotopic (exact) mass is 410 g/mol. The smallest absolute Gasteiger partial charge is 0.317 e. The molecule has 8 heteroatoms. The van der Waals surface area contributed by atoms with Crippen LogP contribution in [0.5, 0.6) is 5.75 Å². The van der Waals surface area contributed by atoms with Crippen LogP contribution in [-0.2, 0) is 13.0 Å². The van der Waals surface area contributed by atoms with E-state index in [0.29, 0.717) is 37.8 Å². The van der Waals surface area contributed by atoms with Gasteiger partial charge < -0.3 is 19.5 Å². The number of hydrogen-bond acceptors (Lipinski definition) is 5. The molecule has 1 aliphatic rings. The highest BCUT2D eigenvalue weighted by Crippen LogP contribution is 2.23. The van der Waals surface area contributed by atoms with E-state index in [0.717, 1.165) is 23.3 Å². The average molecular weight is 410 g/mol. The molecule has 156 valence electrons. The number of aryl methyl sites for hydroxylation is 1. The third kappa shape index (κ3) is 4.76. The third-order valence-electron chi connectivity index (χ3n) is 4.98. The number of hydrogen-bond donors (Lipinski definition) is 1. The zero-order chi connectivity index (χ0) is 20.9. The van der Waals surface area contributed by atoms with Crippen molar-refractivity contribution < 1.29 is 18.4 Å². The van der Waals surface area contributed by atoms with Gasteiger partial charge in [-0.3, -0.25) is 0 Å². The number of nitrogens with one attached hydrogen (secondary N) is 1. The first-order valence-corrected chi connectivity index (χ1v) is 9.97. The summed E-state index contributed by atoms with van der Waals surface area (Å²) in [6, 6.07) is 13.5. The summed E-state index contributed by atoms with van der Waals surface area (Å²) in [6.07, 6.45) is 1.39. The number of ether oxygens (including phenoxy) is 1. The van der Waals surface area contributed by atoms with Gasteiger partial charge in [0.05, 0.1) is 6.54 Å². The minimum absolute atomic E-state index is 0.0655. The number of aromatic nitrogens is 2. The Morgan fingerprint density at radius 2 is 2.00 bits per heavy atom. The lowest BCUT2D eigenvalue weighted by atomic mass is 10.2. The third-order valence-corrected chi connectivity index (χ3v) is 4.98. The number of carbonyl (C=O) groups is 1. The summed E-state index contributed by atoms with van der Waals surface area (Å²) in [4.78, 5) is 18.4. The van der Waals surface area contributed by atoms with Gasteiger partial charge in [0.2, 0.25) is 11.7 Å². The van der Waals surface area contributed by atoms with E-state index >= 15 is 0 Å². The maximum Gasteiger partial charge on any atom is 0.317 e. The second kappa shape index (κ2) is 8.94.